The first-order valence-corrected chi connectivity index (χ1v) is 16.5. The van der Waals surface area contributed by atoms with Crippen molar-refractivity contribution in [1.82, 2.24) is 15.7 Å². The summed E-state index contributed by atoms with van der Waals surface area (Å²) in [7, 11) is 0. The predicted octanol–water partition coefficient (Wildman–Crippen LogP) is 1.85. The van der Waals surface area contributed by atoms with Crippen molar-refractivity contribution in [1.29, 1.82) is 0 Å². The first-order valence-electron chi connectivity index (χ1n) is 16.5. The SMILES string of the molecule is O=C(NCCO)c1cccc(CNC(=O)[C@@]23C[C@H]4OC(=O)[C@@H]2N(Cc2ccccc2C=CC2CCC5OC5C2)O[C@@H]3[C@H]2OCO[C@H]24)c1. The van der Waals surface area contributed by atoms with Crippen LogP contribution in [0.4, 0.5) is 0 Å². The zero-order valence-corrected chi connectivity index (χ0v) is 25.9. The van der Waals surface area contributed by atoms with Gasteiger partial charge >= 0.3 is 5.97 Å². The Morgan fingerprint density at radius 3 is 2.77 bits per heavy atom. The topological polar surface area (TPSA) is 148 Å². The van der Waals surface area contributed by atoms with Gasteiger partial charge in [-0.2, -0.15) is 5.06 Å². The summed E-state index contributed by atoms with van der Waals surface area (Å²) in [5, 5.41) is 16.3. The van der Waals surface area contributed by atoms with E-state index >= 15 is 0 Å². The average molecular weight is 646 g/mol. The minimum Gasteiger partial charge on any atom is -0.458 e. The van der Waals surface area contributed by atoms with Crippen LogP contribution in [-0.2, 0) is 46.5 Å². The maximum absolute atomic E-state index is 14.4. The third-order valence-electron chi connectivity index (χ3n) is 10.5. The Bertz CT molecular complexity index is 1580. The third kappa shape index (κ3) is 5.56. The van der Waals surface area contributed by atoms with E-state index in [2.05, 4.69) is 22.8 Å². The molecule has 12 heteroatoms. The van der Waals surface area contributed by atoms with Gasteiger partial charge in [-0.15, -0.1) is 0 Å². The van der Waals surface area contributed by atoms with Crippen molar-refractivity contribution in [3.05, 3.63) is 76.9 Å². The van der Waals surface area contributed by atoms with Crippen molar-refractivity contribution in [3.63, 3.8) is 0 Å². The lowest BCUT2D eigenvalue weighted by molar-refractivity contribution is -0.201. The van der Waals surface area contributed by atoms with Gasteiger partial charge in [-0.05, 0) is 54.0 Å². The van der Waals surface area contributed by atoms with Gasteiger partial charge in [0.2, 0.25) is 5.91 Å². The number of aliphatic hydroxyl groups excluding tert-OH is 1. The van der Waals surface area contributed by atoms with Gasteiger partial charge in [0.25, 0.3) is 5.91 Å². The number of hydrogen-bond acceptors (Lipinski definition) is 10. The number of carbonyl (C=O) groups excluding carboxylic acids is 3. The van der Waals surface area contributed by atoms with Crippen LogP contribution in [0.2, 0.25) is 0 Å². The first kappa shape index (κ1) is 30.7. The van der Waals surface area contributed by atoms with E-state index < -0.39 is 41.8 Å². The molecule has 6 fully saturated rings. The van der Waals surface area contributed by atoms with Crippen molar-refractivity contribution in [2.75, 3.05) is 19.9 Å². The molecule has 2 aliphatic carbocycles. The second-order valence-electron chi connectivity index (χ2n) is 13.3. The van der Waals surface area contributed by atoms with Gasteiger partial charge in [0.15, 0.2) is 6.04 Å². The Morgan fingerprint density at radius 2 is 1.89 bits per heavy atom. The molecule has 4 heterocycles. The van der Waals surface area contributed by atoms with Crippen LogP contribution in [0.15, 0.2) is 54.6 Å². The van der Waals surface area contributed by atoms with Crippen LogP contribution in [0.1, 0.15) is 52.7 Å². The van der Waals surface area contributed by atoms with Crippen molar-refractivity contribution in [2.45, 2.75) is 81.4 Å². The number of esters is 1. The van der Waals surface area contributed by atoms with E-state index in [0.29, 0.717) is 29.3 Å². The molecule has 2 saturated carbocycles. The summed E-state index contributed by atoms with van der Waals surface area (Å²) in [6, 6.07) is 13.9. The molecule has 12 nitrogen and oxygen atoms in total. The molecule has 248 valence electrons. The highest BCUT2D eigenvalue weighted by Gasteiger charge is 2.74. The zero-order chi connectivity index (χ0) is 32.1. The summed E-state index contributed by atoms with van der Waals surface area (Å²) in [6.45, 7) is 0.402. The van der Waals surface area contributed by atoms with E-state index in [1.807, 2.05) is 30.3 Å². The van der Waals surface area contributed by atoms with Crippen molar-refractivity contribution < 1.29 is 43.3 Å². The molecule has 2 aromatic rings. The van der Waals surface area contributed by atoms with Gasteiger partial charge in [-0.1, -0.05) is 48.6 Å². The third-order valence-corrected chi connectivity index (χ3v) is 10.5. The summed E-state index contributed by atoms with van der Waals surface area (Å²) in [5.74, 6) is -0.722. The molecule has 9 atom stereocenters. The Kier molecular flexibility index (Phi) is 8.11. The van der Waals surface area contributed by atoms with Gasteiger partial charge < -0.3 is 34.7 Å². The molecule has 4 aliphatic heterocycles. The van der Waals surface area contributed by atoms with E-state index in [0.717, 1.165) is 30.4 Å². The number of carbonyl (C=O) groups is 3. The first-order chi connectivity index (χ1) is 22.9. The second kappa shape index (κ2) is 12.4. The van der Waals surface area contributed by atoms with Crippen LogP contribution in [-0.4, -0.2) is 90.6 Å². The standard InChI is InChI=1S/C35H39N3O9/c39-13-12-36-32(40)23-7-3-4-21(14-23)17-37-34(42)35-16-27-28-29(44-19-43-28)31(35)47-38(30(35)33(41)46-27)18-24-6-2-1-5-22(24)10-8-20-9-11-25-26(15-20)45-25/h1-8,10,14,20,25-31,39H,9,11-13,15-19H2,(H,36,40)(H,37,42)/t20?,25?,26?,27-,28+,29+,30+,31-,35+/m1/s1. The van der Waals surface area contributed by atoms with Gasteiger partial charge in [0, 0.05) is 25.1 Å². The quantitative estimate of drug-likeness (QED) is 0.258. The molecule has 0 aromatic heterocycles. The summed E-state index contributed by atoms with van der Waals surface area (Å²) < 4.78 is 23.4. The number of hydrogen-bond donors (Lipinski definition) is 3. The number of amides is 2. The minimum atomic E-state index is -1.28. The number of nitrogens with one attached hydrogen (secondary N) is 2. The van der Waals surface area contributed by atoms with Crippen molar-refractivity contribution in [3.8, 4) is 0 Å². The fraction of sp³-hybridized carbons (Fsp3) is 0.514. The molecule has 47 heavy (non-hydrogen) atoms. The Hall–Kier alpha value is -3.65. The van der Waals surface area contributed by atoms with Crippen LogP contribution >= 0.6 is 0 Å². The van der Waals surface area contributed by atoms with E-state index in [-0.39, 0.29) is 51.3 Å². The average Bonchev–Trinajstić information content (AvgIpc) is 3.52. The van der Waals surface area contributed by atoms with Crippen LogP contribution in [0.3, 0.4) is 0 Å². The fourth-order valence-corrected chi connectivity index (χ4v) is 8.13. The van der Waals surface area contributed by atoms with Gasteiger partial charge in [0.1, 0.15) is 36.6 Å². The van der Waals surface area contributed by atoms with Crippen LogP contribution in [0.5, 0.6) is 0 Å². The lowest BCUT2D eigenvalue weighted by atomic mass is 9.62. The molecule has 3 unspecified atom stereocenters. The molecule has 3 N–H and O–H groups in total. The molecule has 8 rings (SSSR count). The number of allylic oxidation sites excluding steroid dienone is 1. The molecule has 2 aromatic carbocycles. The smallest absolute Gasteiger partial charge is 0.327 e. The number of aliphatic hydroxyl groups is 1. The maximum Gasteiger partial charge on any atom is 0.327 e. The molecule has 4 saturated heterocycles. The number of ether oxygens (including phenoxy) is 4. The lowest BCUT2D eigenvalue weighted by Crippen LogP contribution is -2.69. The Balaban J connectivity index is 1.05. The molecule has 6 aliphatic rings. The lowest BCUT2D eigenvalue weighted by Gasteiger charge is -2.48. The van der Waals surface area contributed by atoms with E-state index in [4.69, 9.17) is 28.9 Å². The molecular formula is C35H39N3O9. The molecule has 0 spiro atoms. The molecular weight excluding hydrogens is 606 g/mol. The highest BCUT2D eigenvalue weighted by molar-refractivity contribution is 5.95. The number of nitrogens with zero attached hydrogens (tertiary/aromatic N) is 1. The van der Waals surface area contributed by atoms with Crippen LogP contribution < -0.4 is 10.6 Å². The molecule has 0 radical (unpaired) electrons. The Morgan fingerprint density at radius 1 is 1.02 bits per heavy atom. The molecule has 2 amide bonds. The number of epoxide rings is 1. The van der Waals surface area contributed by atoms with Crippen LogP contribution in [0, 0.1) is 11.3 Å². The number of hydroxylamine groups is 2. The normalized spacial score (nSPS) is 35.2. The van der Waals surface area contributed by atoms with Gasteiger partial charge in [0.05, 0.1) is 25.4 Å². The van der Waals surface area contributed by atoms with Gasteiger partial charge in [-0.25, -0.2) is 0 Å². The summed E-state index contributed by atoms with van der Waals surface area (Å²) in [4.78, 5) is 47.2. The van der Waals surface area contributed by atoms with Crippen LogP contribution in [0.25, 0.3) is 6.08 Å². The van der Waals surface area contributed by atoms with Crippen molar-refractivity contribution >= 4 is 23.9 Å². The largest absolute Gasteiger partial charge is 0.458 e. The van der Waals surface area contributed by atoms with E-state index in [9.17, 15) is 14.4 Å². The second-order valence-corrected chi connectivity index (χ2v) is 13.3. The number of benzene rings is 2. The van der Waals surface area contributed by atoms with Crippen molar-refractivity contribution in [2.24, 2.45) is 11.3 Å². The maximum atomic E-state index is 14.4. The fourth-order valence-electron chi connectivity index (χ4n) is 8.13. The Labute approximate surface area is 272 Å². The van der Waals surface area contributed by atoms with Gasteiger partial charge in [-0.3, -0.25) is 19.2 Å². The zero-order valence-electron chi connectivity index (χ0n) is 25.9. The van der Waals surface area contributed by atoms with E-state index in [1.54, 1.807) is 23.3 Å². The molecule has 2 bridgehead atoms. The summed E-state index contributed by atoms with van der Waals surface area (Å²) >= 11 is 0. The van der Waals surface area contributed by atoms with E-state index in [1.165, 1.54) is 0 Å². The summed E-state index contributed by atoms with van der Waals surface area (Å²) in [5.41, 5.74) is 1.83. The number of rotatable bonds is 10. The highest BCUT2D eigenvalue weighted by atomic mass is 16.8. The monoisotopic (exact) mass is 645 g/mol. The number of fused-ring (bicyclic) bond motifs is 5. The minimum absolute atomic E-state index is 0.0260. The highest BCUT2D eigenvalue weighted by Crippen LogP contribution is 2.55. The predicted molar refractivity (Wildman–Crippen MR) is 165 cm³/mol. The summed E-state index contributed by atoms with van der Waals surface area (Å²) in [6.07, 6.45) is 6.20.